The molecule has 4 N–H and O–H groups in total. The molecule has 2 aromatic heterocycles. The van der Waals surface area contributed by atoms with Crippen LogP contribution in [0.1, 0.15) is 40.8 Å². The molecule has 15 heteroatoms. The van der Waals surface area contributed by atoms with Crippen molar-refractivity contribution in [2.45, 2.75) is 64.8 Å². The summed E-state index contributed by atoms with van der Waals surface area (Å²) in [6.07, 6.45) is -0.969. The van der Waals surface area contributed by atoms with E-state index in [1.165, 1.54) is 24.7 Å². The Bertz CT molecular complexity index is 1390. The van der Waals surface area contributed by atoms with Gasteiger partial charge in [0.05, 0.1) is 25.1 Å². The maximum Gasteiger partial charge on any atom is 0.459 e. The molecule has 1 fully saturated rings. The standard InChI is InChI=1S/C25H35FN7O6P/c1-14(2)37-22(34)16(4)32-40(35,39-17-10-8-7-9-11-17)36-12-18-15(3)25(5,26)23(38-18)33-13-29-19-20(28-6)30-24(27)31-21(19)33/h7-11,13-16,18,23H,12H2,1-6H3,(H,32,35)(H3,27,28,30,31)/t15-,16+,18-,23-,25-,40+/m1/s1. The number of para-hydroxylation sites is 1. The molecule has 4 rings (SSSR count). The first-order chi connectivity index (χ1) is 18.8. The van der Waals surface area contributed by atoms with E-state index in [1.807, 2.05) is 0 Å². The molecule has 40 heavy (non-hydrogen) atoms. The molecule has 0 unspecified atom stereocenters. The van der Waals surface area contributed by atoms with Crippen LogP contribution in [0.2, 0.25) is 0 Å². The van der Waals surface area contributed by atoms with Gasteiger partial charge in [-0.05, 0) is 39.8 Å². The summed E-state index contributed by atoms with van der Waals surface area (Å²) in [7, 11) is -2.51. The van der Waals surface area contributed by atoms with Crippen LogP contribution < -0.4 is 20.7 Å². The van der Waals surface area contributed by atoms with E-state index in [0.717, 1.165) is 0 Å². The third kappa shape index (κ3) is 6.20. The van der Waals surface area contributed by atoms with Crippen molar-refractivity contribution in [3.63, 3.8) is 0 Å². The van der Waals surface area contributed by atoms with Gasteiger partial charge in [0.1, 0.15) is 11.8 Å². The van der Waals surface area contributed by atoms with E-state index in [1.54, 1.807) is 58.2 Å². The van der Waals surface area contributed by atoms with Gasteiger partial charge in [0, 0.05) is 13.0 Å². The molecule has 1 aliphatic heterocycles. The van der Waals surface area contributed by atoms with Crippen molar-refractivity contribution in [1.29, 1.82) is 0 Å². The number of anilines is 2. The Kier molecular flexibility index (Phi) is 8.64. The number of fused-ring (bicyclic) bond motifs is 1. The van der Waals surface area contributed by atoms with E-state index in [0.29, 0.717) is 11.3 Å². The third-order valence-corrected chi connectivity index (χ3v) is 8.24. The van der Waals surface area contributed by atoms with Crippen LogP contribution in [-0.2, 0) is 23.4 Å². The maximum atomic E-state index is 16.2. The Hall–Kier alpha value is -3.32. The number of alkyl halides is 1. The summed E-state index contributed by atoms with van der Waals surface area (Å²) in [4.78, 5) is 25.1. The molecule has 1 aliphatic rings. The summed E-state index contributed by atoms with van der Waals surface area (Å²) in [5, 5.41) is 5.52. The van der Waals surface area contributed by atoms with Gasteiger partial charge < -0.3 is 25.0 Å². The SMILES string of the molecule is CNc1nc(N)nc2c1ncn2[C@@H]1O[C@H](CO[P@@](=O)(N[C@@H](C)C(=O)OC(C)C)Oc2ccccc2)[C@@H](C)[C@@]1(C)F. The molecule has 3 aromatic rings. The average Bonchev–Trinajstić information content (AvgIpc) is 3.40. The lowest BCUT2D eigenvalue weighted by Crippen LogP contribution is -2.37. The molecule has 1 aromatic carbocycles. The van der Waals surface area contributed by atoms with Crippen molar-refractivity contribution in [3.8, 4) is 5.75 Å². The van der Waals surface area contributed by atoms with E-state index in [9.17, 15) is 9.36 Å². The number of hydrogen-bond acceptors (Lipinski definition) is 11. The van der Waals surface area contributed by atoms with E-state index in [2.05, 4.69) is 25.4 Å². The highest BCUT2D eigenvalue weighted by atomic mass is 31.2. The number of nitrogens with two attached hydrogens (primary N) is 1. The van der Waals surface area contributed by atoms with Crippen molar-refractivity contribution in [1.82, 2.24) is 24.6 Å². The normalized spacial score (nSPS) is 25.1. The van der Waals surface area contributed by atoms with Crippen LogP contribution in [-0.4, -0.2) is 63.1 Å². The van der Waals surface area contributed by atoms with Gasteiger partial charge in [-0.1, -0.05) is 25.1 Å². The van der Waals surface area contributed by atoms with Crippen LogP contribution >= 0.6 is 7.75 Å². The minimum absolute atomic E-state index is 0.0136. The number of imidazole rings is 1. The quantitative estimate of drug-likeness (QED) is 0.222. The number of carbonyl (C=O) groups is 1. The Morgan fingerprint density at radius 3 is 2.62 bits per heavy atom. The number of benzene rings is 1. The summed E-state index contributed by atoms with van der Waals surface area (Å²) in [5.74, 6) is -0.722. The number of carbonyl (C=O) groups excluding carboxylic acids is 1. The van der Waals surface area contributed by atoms with Gasteiger partial charge >= 0.3 is 13.7 Å². The van der Waals surface area contributed by atoms with Crippen LogP contribution in [0.5, 0.6) is 5.75 Å². The summed E-state index contributed by atoms with van der Waals surface area (Å²) in [5.41, 5.74) is 4.63. The summed E-state index contributed by atoms with van der Waals surface area (Å²) in [6.45, 7) is 7.64. The van der Waals surface area contributed by atoms with Crippen molar-refractivity contribution < 1.29 is 32.3 Å². The Morgan fingerprint density at radius 1 is 1.27 bits per heavy atom. The molecule has 1 saturated heterocycles. The minimum atomic E-state index is -4.17. The van der Waals surface area contributed by atoms with E-state index >= 15 is 4.39 Å². The van der Waals surface area contributed by atoms with Crippen LogP contribution in [0.4, 0.5) is 16.2 Å². The van der Waals surface area contributed by atoms with Gasteiger partial charge in [0.2, 0.25) is 5.95 Å². The molecule has 13 nitrogen and oxygen atoms in total. The molecule has 0 bridgehead atoms. The third-order valence-electron chi connectivity index (χ3n) is 6.60. The van der Waals surface area contributed by atoms with Crippen LogP contribution in [0.15, 0.2) is 36.7 Å². The lowest BCUT2D eigenvalue weighted by atomic mass is 9.90. The molecule has 0 saturated carbocycles. The second-order valence-corrected chi connectivity index (χ2v) is 11.7. The van der Waals surface area contributed by atoms with E-state index in [4.69, 9.17) is 24.3 Å². The highest BCUT2D eigenvalue weighted by Gasteiger charge is 2.54. The highest BCUT2D eigenvalue weighted by Crippen LogP contribution is 2.50. The predicted octanol–water partition coefficient (Wildman–Crippen LogP) is 3.85. The number of hydrogen-bond donors (Lipinski definition) is 3. The minimum Gasteiger partial charge on any atom is -0.462 e. The number of nitrogen functional groups attached to an aromatic ring is 1. The molecule has 0 aliphatic carbocycles. The highest BCUT2D eigenvalue weighted by molar-refractivity contribution is 7.52. The first kappa shape index (κ1) is 29.7. The van der Waals surface area contributed by atoms with Crippen molar-refractivity contribution >= 4 is 36.6 Å². The van der Waals surface area contributed by atoms with Gasteiger partial charge in [-0.2, -0.15) is 15.1 Å². The number of ether oxygens (including phenoxy) is 2. The smallest absolute Gasteiger partial charge is 0.459 e. The zero-order valence-corrected chi connectivity index (χ0v) is 24.1. The molecular weight excluding hydrogens is 544 g/mol. The van der Waals surface area contributed by atoms with Crippen LogP contribution in [0.3, 0.4) is 0 Å². The topological polar surface area (TPSA) is 165 Å². The van der Waals surface area contributed by atoms with Crippen molar-refractivity contribution in [3.05, 3.63) is 36.7 Å². The molecule has 0 radical (unpaired) electrons. The molecule has 218 valence electrons. The number of nitrogens with zero attached hydrogens (tertiary/aromatic N) is 4. The first-order valence-electron chi connectivity index (χ1n) is 12.8. The number of aromatic nitrogens is 4. The zero-order valence-electron chi connectivity index (χ0n) is 23.2. The number of rotatable bonds is 11. The van der Waals surface area contributed by atoms with E-state index < -0.39 is 43.7 Å². The fourth-order valence-electron chi connectivity index (χ4n) is 4.31. The molecule has 6 atom stereocenters. The maximum absolute atomic E-state index is 16.2. The number of halogens is 1. The second-order valence-electron chi connectivity index (χ2n) is 10.0. The van der Waals surface area contributed by atoms with Gasteiger partial charge in [-0.25, -0.2) is 13.9 Å². The van der Waals surface area contributed by atoms with E-state index in [-0.39, 0.29) is 30.1 Å². The fraction of sp³-hybridized carbons (Fsp3) is 0.520. The summed E-state index contributed by atoms with van der Waals surface area (Å²) >= 11 is 0. The zero-order chi connectivity index (χ0) is 29.2. The summed E-state index contributed by atoms with van der Waals surface area (Å²) in [6, 6.07) is 7.32. The molecule has 3 heterocycles. The number of esters is 1. The lowest BCUT2D eigenvalue weighted by molar-refractivity contribution is -0.149. The van der Waals surface area contributed by atoms with Gasteiger partial charge in [-0.15, -0.1) is 0 Å². The Labute approximate surface area is 231 Å². The van der Waals surface area contributed by atoms with Crippen molar-refractivity contribution in [2.75, 3.05) is 24.7 Å². The average molecular weight is 580 g/mol. The van der Waals surface area contributed by atoms with Crippen molar-refractivity contribution in [2.24, 2.45) is 5.92 Å². The van der Waals surface area contributed by atoms with Gasteiger partial charge in [0.25, 0.3) is 0 Å². The molecule has 0 amide bonds. The molecular formula is C25H35FN7O6P. The Balaban J connectivity index is 1.56. The lowest BCUT2D eigenvalue weighted by Gasteiger charge is -2.26. The summed E-state index contributed by atoms with van der Waals surface area (Å²) < 4.78 is 54.2. The van der Waals surface area contributed by atoms with Crippen LogP contribution in [0.25, 0.3) is 11.2 Å². The largest absolute Gasteiger partial charge is 0.462 e. The first-order valence-corrected chi connectivity index (χ1v) is 14.4. The molecule has 0 spiro atoms. The monoisotopic (exact) mass is 579 g/mol. The fourth-order valence-corrected chi connectivity index (χ4v) is 5.81. The van der Waals surface area contributed by atoms with Gasteiger partial charge in [-0.3, -0.25) is 13.9 Å². The van der Waals surface area contributed by atoms with Crippen LogP contribution in [0, 0.1) is 5.92 Å². The van der Waals surface area contributed by atoms with Gasteiger partial charge in [0.15, 0.2) is 28.9 Å². The second kappa shape index (κ2) is 11.7. The number of nitrogens with one attached hydrogen (secondary N) is 2. The Morgan fingerprint density at radius 2 is 1.98 bits per heavy atom. The predicted molar refractivity (Wildman–Crippen MR) is 146 cm³/mol.